The molecule has 1 nitrogen and oxygen atoms in total. The van der Waals surface area contributed by atoms with Crippen molar-refractivity contribution in [2.75, 3.05) is 6.54 Å². The molecule has 4 heteroatoms. The zero-order chi connectivity index (χ0) is 13.2. The van der Waals surface area contributed by atoms with Crippen LogP contribution in [0.2, 0.25) is 0 Å². The molecule has 1 aliphatic rings. The van der Waals surface area contributed by atoms with E-state index in [2.05, 4.69) is 12.2 Å². The van der Waals surface area contributed by atoms with Crippen LogP contribution < -0.4 is 5.32 Å². The molecule has 1 aliphatic heterocycles. The van der Waals surface area contributed by atoms with Gasteiger partial charge < -0.3 is 5.32 Å². The number of piperidine rings is 1. The number of halogens is 3. The molecule has 0 spiro atoms. The lowest BCUT2D eigenvalue weighted by Crippen LogP contribution is -2.40. The van der Waals surface area contributed by atoms with E-state index < -0.39 is 12.1 Å². The van der Waals surface area contributed by atoms with E-state index >= 15 is 0 Å². The molecule has 100 valence electrons. The monoisotopic (exact) mass is 257 g/mol. The fourth-order valence-electron chi connectivity index (χ4n) is 2.41. The Kier molecular flexibility index (Phi) is 3.95. The number of nitrogens with one attached hydrogen (secondary N) is 1. The molecule has 2 atom stereocenters. The highest BCUT2D eigenvalue weighted by atomic mass is 19.4. The highest BCUT2D eigenvalue weighted by molar-refractivity contribution is 5.25. The number of benzene rings is 1. The maximum absolute atomic E-state index is 12.5. The summed E-state index contributed by atoms with van der Waals surface area (Å²) < 4.78 is 37.6. The largest absolute Gasteiger partial charge is 0.393 e. The van der Waals surface area contributed by atoms with Crippen LogP contribution >= 0.6 is 0 Å². The highest BCUT2D eigenvalue weighted by Crippen LogP contribution is 2.35. The van der Waals surface area contributed by atoms with E-state index in [-0.39, 0.29) is 19.0 Å². The van der Waals surface area contributed by atoms with Crippen molar-refractivity contribution < 1.29 is 13.2 Å². The van der Waals surface area contributed by atoms with Gasteiger partial charge in [-0.1, -0.05) is 31.2 Å². The van der Waals surface area contributed by atoms with Crippen LogP contribution in [0.5, 0.6) is 0 Å². The normalized spacial score (nSPS) is 25.1. The Morgan fingerprint density at radius 3 is 2.28 bits per heavy atom. The second-order valence-corrected chi connectivity index (χ2v) is 4.87. The first-order valence-electron chi connectivity index (χ1n) is 6.39. The first-order chi connectivity index (χ1) is 8.50. The minimum absolute atomic E-state index is 0.0314. The Bertz CT molecular complexity index is 375. The molecule has 0 aliphatic carbocycles. The second-order valence-electron chi connectivity index (χ2n) is 4.87. The fourth-order valence-corrected chi connectivity index (χ4v) is 2.41. The average molecular weight is 257 g/mol. The second kappa shape index (κ2) is 5.31. The third kappa shape index (κ3) is 3.05. The van der Waals surface area contributed by atoms with Crippen molar-refractivity contribution in [1.29, 1.82) is 0 Å². The van der Waals surface area contributed by atoms with Crippen molar-refractivity contribution in [1.82, 2.24) is 5.32 Å². The summed E-state index contributed by atoms with van der Waals surface area (Å²) >= 11 is 0. The highest BCUT2D eigenvalue weighted by Gasteiger charge is 2.41. The van der Waals surface area contributed by atoms with Gasteiger partial charge in [-0.2, -0.15) is 13.2 Å². The SMILES string of the molecule is CCc1ccc(C2CCC(C(F)(F)F)CN2)cc1. The molecular weight excluding hydrogens is 239 g/mol. The Balaban J connectivity index is 1.96. The van der Waals surface area contributed by atoms with Gasteiger partial charge in [0.25, 0.3) is 0 Å². The number of hydrogen-bond acceptors (Lipinski definition) is 1. The lowest BCUT2D eigenvalue weighted by Gasteiger charge is -2.31. The Labute approximate surface area is 105 Å². The molecule has 1 fully saturated rings. The van der Waals surface area contributed by atoms with Crippen LogP contribution in [-0.2, 0) is 6.42 Å². The lowest BCUT2D eigenvalue weighted by molar-refractivity contribution is -0.179. The van der Waals surface area contributed by atoms with Gasteiger partial charge in [0.2, 0.25) is 0 Å². The Hall–Kier alpha value is -1.03. The van der Waals surface area contributed by atoms with Crippen LogP contribution in [0.15, 0.2) is 24.3 Å². The van der Waals surface area contributed by atoms with E-state index in [1.165, 1.54) is 5.56 Å². The molecule has 2 unspecified atom stereocenters. The summed E-state index contributed by atoms with van der Waals surface area (Å²) in [4.78, 5) is 0. The molecule has 1 saturated heterocycles. The predicted octanol–water partition coefficient (Wildman–Crippen LogP) is 3.85. The molecule has 2 rings (SSSR count). The maximum atomic E-state index is 12.5. The third-order valence-corrected chi connectivity index (χ3v) is 3.67. The molecule has 0 aromatic heterocycles. The van der Waals surface area contributed by atoms with E-state index in [0.29, 0.717) is 6.42 Å². The van der Waals surface area contributed by atoms with Gasteiger partial charge in [-0.15, -0.1) is 0 Å². The first-order valence-corrected chi connectivity index (χ1v) is 6.39. The minimum Gasteiger partial charge on any atom is -0.309 e. The van der Waals surface area contributed by atoms with Crippen molar-refractivity contribution in [2.45, 2.75) is 38.4 Å². The zero-order valence-corrected chi connectivity index (χ0v) is 10.4. The van der Waals surface area contributed by atoms with Crippen LogP contribution in [0.25, 0.3) is 0 Å². The molecule has 0 saturated carbocycles. The van der Waals surface area contributed by atoms with Gasteiger partial charge in [0, 0.05) is 12.6 Å². The van der Waals surface area contributed by atoms with Gasteiger partial charge in [0.15, 0.2) is 0 Å². The summed E-state index contributed by atoms with van der Waals surface area (Å²) in [6, 6.07) is 8.20. The van der Waals surface area contributed by atoms with Gasteiger partial charge in [-0.3, -0.25) is 0 Å². The molecule has 1 heterocycles. The zero-order valence-electron chi connectivity index (χ0n) is 10.4. The summed E-state index contributed by atoms with van der Waals surface area (Å²) in [5.74, 6) is -1.19. The van der Waals surface area contributed by atoms with Gasteiger partial charge in [-0.05, 0) is 30.4 Å². The summed E-state index contributed by atoms with van der Waals surface area (Å²) in [5.41, 5.74) is 2.34. The lowest BCUT2D eigenvalue weighted by atomic mass is 9.90. The summed E-state index contributed by atoms with van der Waals surface area (Å²) in [6.07, 6.45) is -2.31. The smallest absolute Gasteiger partial charge is 0.309 e. The quantitative estimate of drug-likeness (QED) is 0.848. The molecule has 18 heavy (non-hydrogen) atoms. The Morgan fingerprint density at radius 1 is 1.17 bits per heavy atom. The average Bonchev–Trinajstić information content (AvgIpc) is 2.38. The molecule has 0 radical (unpaired) electrons. The molecule has 1 aromatic rings. The van der Waals surface area contributed by atoms with Crippen LogP contribution in [0.3, 0.4) is 0 Å². The molecule has 1 aromatic carbocycles. The standard InChI is InChI=1S/C14H18F3N/c1-2-10-3-5-11(6-4-10)13-8-7-12(9-18-13)14(15,16)17/h3-6,12-13,18H,2,7-9H2,1H3. The van der Waals surface area contributed by atoms with Crippen LogP contribution in [-0.4, -0.2) is 12.7 Å². The van der Waals surface area contributed by atoms with Crippen LogP contribution in [0, 0.1) is 5.92 Å². The predicted molar refractivity (Wildman–Crippen MR) is 65.3 cm³/mol. The summed E-state index contributed by atoms with van der Waals surface area (Å²) in [5, 5.41) is 3.01. The topological polar surface area (TPSA) is 12.0 Å². The van der Waals surface area contributed by atoms with E-state index in [1.54, 1.807) is 0 Å². The van der Waals surface area contributed by atoms with E-state index in [9.17, 15) is 13.2 Å². The summed E-state index contributed by atoms with van der Waals surface area (Å²) in [7, 11) is 0. The molecule has 0 amide bonds. The van der Waals surface area contributed by atoms with Gasteiger partial charge in [0.1, 0.15) is 0 Å². The third-order valence-electron chi connectivity index (χ3n) is 3.67. The van der Waals surface area contributed by atoms with Crippen LogP contribution in [0.4, 0.5) is 13.2 Å². The molecule has 1 N–H and O–H groups in total. The van der Waals surface area contributed by atoms with Gasteiger partial charge >= 0.3 is 6.18 Å². The first kappa shape index (κ1) is 13.4. The minimum atomic E-state index is -4.07. The maximum Gasteiger partial charge on any atom is 0.393 e. The fraction of sp³-hybridized carbons (Fsp3) is 0.571. The van der Waals surface area contributed by atoms with E-state index in [4.69, 9.17) is 0 Å². The summed E-state index contributed by atoms with van der Waals surface area (Å²) in [6.45, 7) is 2.12. The van der Waals surface area contributed by atoms with E-state index in [0.717, 1.165) is 12.0 Å². The van der Waals surface area contributed by atoms with Crippen molar-refractivity contribution in [3.05, 3.63) is 35.4 Å². The van der Waals surface area contributed by atoms with Crippen molar-refractivity contribution in [3.8, 4) is 0 Å². The van der Waals surface area contributed by atoms with Crippen LogP contribution in [0.1, 0.15) is 36.9 Å². The Morgan fingerprint density at radius 2 is 1.83 bits per heavy atom. The number of aryl methyl sites for hydroxylation is 1. The van der Waals surface area contributed by atoms with Crippen molar-refractivity contribution in [2.24, 2.45) is 5.92 Å². The number of alkyl halides is 3. The van der Waals surface area contributed by atoms with Crippen molar-refractivity contribution in [3.63, 3.8) is 0 Å². The van der Waals surface area contributed by atoms with Crippen molar-refractivity contribution >= 4 is 0 Å². The number of hydrogen-bond donors (Lipinski definition) is 1. The molecular formula is C14H18F3N. The van der Waals surface area contributed by atoms with Gasteiger partial charge in [-0.25, -0.2) is 0 Å². The van der Waals surface area contributed by atoms with E-state index in [1.807, 2.05) is 24.3 Å². The van der Waals surface area contributed by atoms with Gasteiger partial charge in [0.05, 0.1) is 5.92 Å². The molecule has 0 bridgehead atoms. The number of rotatable bonds is 2.